The number of benzene rings is 11. The second-order valence-corrected chi connectivity index (χ2v) is 20.7. The Morgan fingerprint density at radius 1 is 0.236 bits per heavy atom. The van der Waals surface area contributed by atoms with Crippen molar-refractivity contribution in [2.45, 2.75) is 30.1 Å². The molecule has 0 unspecified atom stereocenters. The van der Waals surface area contributed by atoms with Crippen molar-refractivity contribution in [3.63, 3.8) is 0 Å². The Bertz CT molecular complexity index is 3930. The van der Waals surface area contributed by atoms with Crippen molar-refractivity contribution in [1.29, 1.82) is 0 Å². The van der Waals surface area contributed by atoms with Crippen molar-refractivity contribution < 1.29 is 0 Å². The van der Waals surface area contributed by atoms with Gasteiger partial charge in [0.1, 0.15) is 0 Å². The third kappa shape index (κ3) is 5.32. The standard InChI is InChI=1S/C71H49N/c1-69(2)58-29-10-6-24-53(58)56-43-42-51(45-67(56)69)72(50-23-18-22-48(44-50)46-20-4-3-5-21-46)49-40-38-47(39-41-49)52-28-19-37-66-68(52)57-27-9-13-32-61(57)71(66)64-35-16-14-33-62(64)70(63-34-15-17-36-65(63)71)59-30-11-7-25-54(59)55-26-8-12-31-60(55)70/h3-45H,1-2H3. The van der Waals surface area contributed by atoms with Crippen LogP contribution in [0, 0.1) is 0 Å². The molecular formula is C71H49N. The summed E-state index contributed by atoms with van der Waals surface area (Å²) in [5.41, 5.74) is 28.5. The molecule has 0 saturated heterocycles. The monoisotopic (exact) mass is 915 g/mol. The van der Waals surface area contributed by atoms with Gasteiger partial charge >= 0.3 is 0 Å². The van der Waals surface area contributed by atoms with Gasteiger partial charge < -0.3 is 4.90 Å². The Kier molecular flexibility index (Phi) is 8.62. The summed E-state index contributed by atoms with van der Waals surface area (Å²) in [5.74, 6) is 0. The minimum absolute atomic E-state index is 0.128. The van der Waals surface area contributed by atoms with Gasteiger partial charge in [0.15, 0.2) is 0 Å². The molecule has 4 aliphatic carbocycles. The van der Waals surface area contributed by atoms with E-state index < -0.39 is 10.8 Å². The van der Waals surface area contributed by atoms with E-state index >= 15 is 0 Å². The summed E-state index contributed by atoms with van der Waals surface area (Å²) >= 11 is 0. The lowest BCUT2D eigenvalue weighted by molar-refractivity contribution is 0.633. The molecule has 0 aromatic heterocycles. The lowest BCUT2D eigenvalue weighted by Gasteiger charge is -2.48. The van der Waals surface area contributed by atoms with E-state index in [1.54, 1.807) is 0 Å². The molecule has 1 nitrogen and oxygen atoms in total. The van der Waals surface area contributed by atoms with Gasteiger partial charge in [-0.2, -0.15) is 0 Å². The van der Waals surface area contributed by atoms with Crippen LogP contribution in [-0.4, -0.2) is 0 Å². The summed E-state index contributed by atoms with van der Waals surface area (Å²) in [6, 6.07) is 98.4. The van der Waals surface area contributed by atoms with Crippen molar-refractivity contribution >= 4 is 17.1 Å². The van der Waals surface area contributed by atoms with Crippen molar-refractivity contribution in [3.05, 3.63) is 316 Å². The van der Waals surface area contributed by atoms with Gasteiger partial charge in [-0.05, 0) is 148 Å². The van der Waals surface area contributed by atoms with Crippen molar-refractivity contribution in [1.82, 2.24) is 0 Å². The van der Waals surface area contributed by atoms with Crippen LogP contribution in [0.2, 0.25) is 0 Å². The Morgan fingerprint density at radius 2 is 0.639 bits per heavy atom. The highest BCUT2D eigenvalue weighted by Gasteiger charge is 2.59. The zero-order valence-corrected chi connectivity index (χ0v) is 40.3. The summed E-state index contributed by atoms with van der Waals surface area (Å²) < 4.78 is 0. The molecule has 1 heteroatoms. The fourth-order valence-corrected chi connectivity index (χ4v) is 14.1. The van der Waals surface area contributed by atoms with Crippen molar-refractivity contribution in [2.75, 3.05) is 4.90 Å². The SMILES string of the molecule is CC1(C)c2ccccc2-c2ccc(N(c3ccc(-c4cccc5c4-c4ccccc4C54c5ccccc5C5(c6ccccc6-c6ccccc65)c5ccccc54)cc3)c3cccc(-c4ccccc4)c3)cc21. The van der Waals surface area contributed by atoms with Crippen LogP contribution in [0.3, 0.4) is 0 Å². The van der Waals surface area contributed by atoms with Crippen LogP contribution in [0.4, 0.5) is 17.1 Å². The molecule has 338 valence electrons. The van der Waals surface area contributed by atoms with Gasteiger partial charge in [0.25, 0.3) is 0 Å². The first kappa shape index (κ1) is 41.0. The van der Waals surface area contributed by atoms with Crippen molar-refractivity contribution in [2.24, 2.45) is 0 Å². The summed E-state index contributed by atoms with van der Waals surface area (Å²) in [4.78, 5) is 2.44. The maximum Gasteiger partial charge on any atom is 0.0720 e. The second-order valence-electron chi connectivity index (χ2n) is 20.7. The average Bonchev–Trinajstić information content (AvgIpc) is 4.01. The minimum Gasteiger partial charge on any atom is -0.310 e. The average molecular weight is 916 g/mol. The van der Waals surface area contributed by atoms with E-state index in [1.807, 2.05) is 0 Å². The van der Waals surface area contributed by atoms with Gasteiger partial charge in [0, 0.05) is 22.5 Å². The highest BCUT2D eigenvalue weighted by atomic mass is 15.1. The zero-order chi connectivity index (χ0) is 47.8. The van der Waals surface area contributed by atoms with Gasteiger partial charge in [-0.25, -0.2) is 0 Å². The number of hydrogen-bond acceptors (Lipinski definition) is 1. The molecule has 0 bridgehead atoms. The quantitative estimate of drug-likeness (QED) is 0.166. The fourth-order valence-electron chi connectivity index (χ4n) is 14.1. The third-order valence-electron chi connectivity index (χ3n) is 17.0. The molecule has 4 aliphatic rings. The van der Waals surface area contributed by atoms with Crippen LogP contribution in [0.15, 0.2) is 261 Å². The van der Waals surface area contributed by atoms with E-state index in [4.69, 9.17) is 0 Å². The molecule has 2 spiro atoms. The Morgan fingerprint density at radius 3 is 1.25 bits per heavy atom. The van der Waals surface area contributed by atoms with E-state index in [9.17, 15) is 0 Å². The molecule has 0 saturated carbocycles. The predicted molar refractivity (Wildman–Crippen MR) is 298 cm³/mol. The molecule has 15 rings (SSSR count). The Hall–Kier alpha value is -8.78. The number of anilines is 3. The van der Waals surface area contributed by atoms with Gasteiger partial charge in [0.05, 0.1) is 10.8 Å². The molecule has 0 amide bonds. The first-order valence-corrected chi connectivity index (χ1v) is 25.4. The van der Waals surface area contributed by atoms with E-state index in [0.29, 0.717) is 0 Å². The second kappa shape index (κ2) is 15.1. The predicted octanol–water partition coefficient (Wildman–Crippen LogP) is 17.8. The van der Waals surface area contributed by atoms with Crippen LogP contribution in [0.1, 0.15) is 69.5 Å². The summed E-state index contributed by atoms with van der Waals surface area (Å²) in [6.07, 6.45) is 0. The maximum absolute atomic E-state index is 2.44. The fraction of sp³-hybridized carbons (Fsp3) is 0.0704. The molecule has 72 heavy (non-hydrogen) atoms. The molecule has 11 aromatic carbocycles. The van der Waals surface area contributed by atoms with E-state index in [-0.39, 0.29) is 5.41 Å². The van der Waals surface area contributed by atoms with Gasteiger partial charge in [0.2, 0.25) is 0 Å². The van der Waals surface area contributed by atoms with Gasteiger partial charge in [-0.1, -0.05) is 238 Å². The normalized spacial score (nSPS) is 14.9. The molecule has 0 fully saturated rings. The molecule has 0 aliphatic heterocycles. The molecule has 0 atom stereocenters. The lowest BCUT2D eigenvalue weighted by Crippen LogP contribution is -2.43. The molecule has 0 heterocycles. The van der Waals surface area contributed by atoms with Crippen LogP contribution in [-0.2, 0) is 16.2 Å². The van der Waals surface area contributed by atoms with Gasteiger partial charge in [-0.15, -0.1) is 0 Å². The molecule has 0 N–H and O–H groups in total. The molecule has 11 aromatic rings. The lowest BCUT2D eigenvalue weighted by atomic mass is 9.52. The van der Waals surface area contributed by atoms with E-state index in [0.717, 1.165) is 17.1 Å². The molecule has 0 radical (unpaired) electrons. The largest absolute Gasteiger partial charge is 0.310 e. The van der Waals surface area contributed by atoms with E-state index in [2.05, 4.69) is 280 Å². The number of nitrogens with zero attached hydrogens (tertiary/aromatic N) is 1. The van der Waals surface area contributed by atoms with Crippen LogP contribution < -0.4 is 4.90 Å². The highest BCUT2D eigenvalue weighted by Crippen LogP contribution is 2.68. The topological polar surface area (TPSA) is 3.24 Å². The minimum atomic E-state index is -0.547. The number of fused-ring (bicyclic) bond motifs is 19. The number of hydrogen-bond donors (Lipinski definition) is 0. The maximum atomic E-state index is 2.44. The van der Waals surface area contributed by atoms with Crippen molar-refractivity contribution in [3.8, 4) is 55.6 Å². The first-order chi connectivity index (χ1) is 35.5. The summed E-state index contributed by atoms with van der Waals surface area (Å²) in [5, 5.41) is 0. The number of rotatable bonds is 5. The summed E-state index contributed by atoms with van der Waals surface area (Å²) in [6.45, 7) is 4.74. The smallest absolute Gasteiger partial charge is 0.0720 e. The Balaban J connectivity index is 0.915. The summed E-state index contributed by atoms with van der Waals surface area (Å²) in [7, 11) is 0. The third-order valence-corrected chi connectivity index (χ3v) is 17.0. The van der Waals surface area contributed by atoms with Crippen LogP contribution in [0.25, 0.3) is 55.6 Å². The van der Waals surface area contributed by atoms with Crippen LogP contribution in [0.5, 0.6) is 0 Å². The van der Waals surface area contributed by atoms with Gasteiger partial charge in [-0.3, -0.25) is 0 Å². The Labute approximate surface area is 422 Å². The highest BCUT2D eigenvalue weighted by molar-refractivity contribution is 5.99. The van der Waals surface area contributed by atoms with Crippen LogP contribution >= 0.6 is 0 Å². The zero-order valence-electron chi connectivity index (χ0n) is 40.3. The first-order valence-electron chi connectivity index (χ1n) is 25.4. The molecular weight excluding hydrogens is 867 g/mol. The van der Waals surface area contributed by atoms with E-state index in [1.165, 1.54) is 111 Å².